The molecule has 1 aromatic rings. The van der Waals surface area contributed by atoms with Gasteiger partial charge in [0.25, 0.3) is 0 Å². The second-order valence-electron chi connectivity index (χ2n) is 4.67. The van der Waals surface area contributed by atoms with E-state index in [0.29, 0.717) is 31.5 Å². The van der Waals surface area contributed by atoms with Crippen molar-refractivity contribution in [2.45, 2.75) is 32.9 Å². The highest BCUT2D eigenvalue weighted by Gasteiger charge is 2.18. The van der Waals surface area contributed by atoms with E-state index in [4.69, 9.17) is 14.2 Å². The molecule has 1 aromatic heterocycles. The molecule has 0 aliphatic heterocycles. The maximum atomic E-state index is 5.62. The van der Waals surface area contributed by atoms with E-state index in [9.17, 15) is 0 Å². The third-order valence-electron chi connectivity index (χ3n) is 2.64. The first-order valence-electron chi connectivity index (χ1n) is 6.30. The van der Waals surface area contributed by atoms with Crippen molar-refractivity contribution in [1.29, 1.82) is 0 Å². The van der Waals surface area contributed by atoms with Crippen LogP contribution in [0.4, 0.5) is 0 Å². The highest BCUT2D eigenvalue weighted by molar-refractivity contribution is 5.34. The fraction of sp³-hybridized carbons (Fsp3) is 0.692. The third-order valence-corrected chi connectivity index (χ3v) is 2.64. The molecular weight excluding hydrogens is 246 g/mol. The summed E-state index contributed by atoms with van der Waals surface area (Å²) in [6, 6.07) is 0. The van der Waals surface area contributed by atoms with Crippen LogP contribution in [0.15, 0.2) is 6.33 Å². The average molecular weight is 269 g/mol. The minimum absolute atomic E-state index is 0.217. The van der Waals surface area contributed by atoms with Crippen molar-refractivity contribution in [3.8, 4) is 11.8 Å². The molecule has 0 aromatic carbocycles. The molecule has 0 spiro atoms. The van der Waals surface area contributed by atoms with Gasteiger partial charge >= 0.3 is 0 Å². The summed E-state index contributed by atoms with van der Waals surface area (Å²) in [5.41, 5.74) is 0.588. The maximum Gasteiger partial charge on any atom is 0.224 e. The molecular formula is C13H23N3O3. The number of aromatic nitrogens is 2. The zero-order valence-electron chi connectivity index (χ0n) is 12.3. The van der Waals surface area contributed by atoms with Gasteiger partial charge in [-0.05, 0) is 20.8 Å². The Labute approximate surface area is 114 Å². The lowest BCUT2D eigenvalue weighted by Crippen LogP contribution is -2.37. The van der Waals surface area contributed by atoms with Crippen LogP contribution in [0.25, 0.3) is 0 Å². The molecule has 0 atom stereocenters. The van der Waals surface area contributed by atoms with Crippen LogP contribution in [0, 0.1) is 0 Å². The van der Waals surface area contributed by atoms with Crippen molar-refractivity contribution in [2.75, 3.05) is 27.4 Å². The Morgan fingerprint density at radius 1 is 1.16 bits per heavy atom. The number of hydrogen-bond donors (Lipinski definition) is 1. The van der Waals surface area contributed by atoms with Crippen molar-refractivity contribution in [3.05, 3.63) is 11.9 Å². The van der Waals surface area contributed by atoms with Gasteiger partial charge in [-0.2, -0.15) is 0 Å². The van der Waals surface area contributed by atoms with E-state index in [1.807, 2.05) is 20.8 Å². The summed E-state index contributed by atoms with van der Waals surface area (Å²) >= 11 is 0. The van der Waals surface area contributed by atoms with E-state index in [1.165, 1.54) is 6.33 Å². The van der Waals surface area contributed by atoms with Crippen molar-refractivity contribution >= 4 is 0 Å². The molecule has 108 valence electrons. The second-order valence-corrected chi connectivity index (χ2v) is 4.67. The molecule has 0 saturated heterocycles. The van der Waals surface area contributed by atoms with Gasteiger partial charge in [-0.1, -0.05) is 0 Å². The predicted octanol–water partition coefficient (Wildman–Crippen LogP) is 1.40. The number of nitrogens with one attached hydrogen (secondary N) is 1. The lowest BCUT2D eigenvalue weighted by atomic mass is 10.1. The zero-order chi connectivity index (χ0) is 14.3. The molecule has 0 fully saturated rings. The van der Waals surface area contributed by atoms with Crippen molar-refractivity contribution < 1.29 is 14.2 Å². The fourth-order valence-electron chi connectivity index (χ4n) is 1.81. The van der Waals surface area contributed by atoms with Gasteiger partial charge < -0.3 is 19.5 Å². The highest BCUT2D eigenvalue weighted by Crippen LogP contribution is 2.23. The second kappa shape index (κ2) is 7.25. The van der Waals surface area contributed by atoms with Crippen molar-refractivity contribution in [1.82, 2.24) is 15.3 Å². The average Bonchev–Trinajstić information content (AvgIpc) is 2.38. The number of nitrogens with zero attached hydrogens (tertiary/aromatic N) is 2. The molecule has 6 nitrogen and oxygen atoms in total. The summed E-state index contributed by atoms with van der Waals surface area (Å²) in [5.74, 6) is 1.04. The van der Waals surface area contributed by atoms with Crippen LogP contribution in [0.3, 0.4) is 0 Å². The first-order valence-corrected chi connectivity index (χ1v) is 6.30. The van der Waals surface area contributed by atoms with Gasteiger partial charge in [-0.15, -0.1) is 0 Å². The quantitative estimate of drug-likeness (QED) is 0.769. The van der Waals surface area contributed by atoms with E-state index >= 15 is 0 Å². The van der Waals surface area contributed by atoms with Gasteiger partial charge in [0.1, 0.15) is 6.33 Å². The summed E-state index contributed by atoms with van der Waals surface area (Å²) < 4.78 is 16.1. The van der Waals surface area contributed by atoms with E-state index in [-0.39, 0.29) is 5.60 Å². The molecule has 0 aliphatic rings. The summed E-state index contributed by atoms with van der Waals surface area (Å²) in [4.78, 5) is 8.15. The van der Waals surface area contributed by atoms with Crippen LogP contribution in [0.5, 0.6) is 11.8 Å². The predicted molar refractivity (Wildman–Crippen MR) is 72.5 cm³/mol. The van der Waals surface area contributed by atoms with Crippen LogP contribution in [-0.4, -0.2) is 42.9 Å². The molecule has 0 saturated carbocycles. The normalized spacial score (nSPS) is 11.4. The molecule has 0 amide bonds. The van der Waals surface area contributed by atoms with E-state index in [1.54, 1.807) is 14.2 Å². The van der Waals surface area contributed by atoms with Crippen LogP contribution in [0.2, 0.25) is 0 Å². The first kappa shape index (κ1) is 15.7. The maximum absolute atomic E-state index is 5.62. The van der Waals surface area contributed by atoms with Crippen LogP contribution < -0.4 is 14.8 Å². The SMILES string of the molecule is CCOC(C)(C)CNCc1c(OC)ncnc1OC. The van der Waals surface area contributed by atoms with Gasteiger partial charge in [-0.25, -0.2) is 9.97 Å². The standard InChI is InChI=1S/C13H23N3O3/c1-6-19-13(2,3)8-14-7-10-11(17-4)15-9-16-12(10)18-5/h9,14H,6-8H2,1-5H3. The number of methoxy groups -OCH3 is 2. The Morgan fingerprint density at radius 3 is 2.21 bits per heavy atom. The van der Waals surface area contributed by atoms with Crippen molar-refractivity contribution in [3.63, 3.8) is 0 Å². The highest BCUT2D eigenvalue weighted by atomic mass is 16.5. The summed E-state index contributed by atoms with van der Waals surface area (Å²) in [5, 5.41) is 3.31. The monoisotopic (exact) mass is 269 g/mol. The number of hydrogen-bond acceptors (Lipinski definition) is 6. The van der Waals surface area contributed by atoms with Gasteiger partial charge in [0, 0.05) is 19.7 Å². The molecule has 0 aliphatic carbocycles. The van der Waals surface area contributed by atoms with E-state index < -0.39 is 0 Å². The zero-order valence-corrected chi connectivity index (χ0v) is 12.3. The summed E-state index contributed by atoms with van der Waals surface area (Å²) in [7, 11) is 3.16. The Bertz CT molecular complexity index is 374. The Balaban J connectivity index is 2.67. The minimum atomic E-state index is -0.217. The molecule has 1 rings (SSSR count). The molecule has 1 N–H and O–H groups in total. The van der Waals surface area contributed by atoms with Crippen LogP contribution in [-0.2, 0) is 11.3 Å². The number of rotatable bonds is 8. The topological polar surface area (TPSA) is 65.5 Å². The smallest absolute Gasteiger partial charge is 0.224 e. The molecule has 19 heavy (non-hydrogen) atoms. The fourth-order valence-corrected chi connectivity index (χ4v) is 1.81. The van der Waals surface area contributed by atoms with Crippen LogP contribution >= 0.6 is 0 Å². The first-order chi connectivity index (χ1) is 9.04. The lowest BCUT2D eigenvalue weighted by molar-refractivity contribution is -0.00904. The Kier molecular flexibility index (Phi) is 5.98. The lowest BCUT2D eigenvalue weighted by Gasteiger charge is -2.25. The van der Waals surface area contributed by atoms with Gasteiger partial charge in [-0.3, -0.25) is 0 Å². The van der Waals surface area contributed by atoms with Gasteiger partial charge in [0.15, 0.2) is 0 Å². The molecule has 1 heterocycles. The number of ether oxygens (including phenoxy) is 3. The van der Waals surface area contributed by atoms with E-state index in [2.05, 4.69) is 15.3 Å². The summed E-state index contributed by atoms with van der Waals surface area (Å²) in [6.07, 6.45) is 1.42. The van der Waals surface area contributed by atoms with Crippen LogP contribution in [0.1, 0.15) is 26.3 Å². The van der Waals surface area contributed by atoms with Gasteiger partial charge in [0.05, 0.1) is 25.4 Å². The van der Waals surface area contributed by atoms with Crippen molar-refractivity contribution in [2.24, 2.45) is 0 Å². The molecule has 6 heteroatoms. The molecule has 0 bridgehead atoms. The van der Waals surface area contributed by atoms with Gasteiger partial charge in [0.2, 0.25) is 11.8 Å². The van der Waals surface area contributed by atoms with E-state index in [0.717, 1.165) is 5.56 Å². The largest absolute Gasteiger partial charge is 0.481 e. The third kappa shape index (κ3) is 4.65. The molecule has 0 unspecified atom stereocenters. The summed E-state index contributed by atoms with van der Waals surface area (Å²) in [6.45, 7) is 8.03. The Morgan fingerprint density at radius 2 is 1.74 bits per heavy atom. The molecule has 0 radical (unpaired) electrons. The minimum Gasteiger partial charge on any atom is -0.481 e. The Hall–Kier alpha value is -1.40.